The largest absolute Gasteiger partial charge is 0.463 e. The monoisotopic (exact) mass is 224 g/mol. The number of esters is 1. The molecule has 0 aromatic carbocycles. The molecule has 0 heterocycles. The number of carbonyl (C=O) groups excluding carboxylic acids is 1. The van der Waals surface area contributed by atoms with E-state index in [2.05, 4.69) is 20.8 Å². The van der Waals surface area contributed by atoms with Gasteiger partial charge in [-0.05, 0) is 37.5 Å². The molecule has 0 bridgehead atoms. The highest BCUT2D eigenvalue weighted by atomic mass is 16.5. The molecule has 1 unspecified atom stereocenters. The molecule has 1 rings (SSSR count). The molecular formula is C14H24O2. The number of rotatable bonds is 2. The molecule has 16 heavy (non-hydrogen) atoms. The van der Waals surface area contributed by atoms with E-state index in [1.54, 1.807) is 6.08 Å². The van der Waals surface area contributed by atoms with Gasteiger partial charge in [0.25, 0.3) is 0 Å². The molecule has 0 amide bonds. The van der Waals surface area contributed by atoms with Crippen LogP contribution in [-0.4, -0.2) is 12.6 Å². The van der Waals surface area contributed by atoms with Crippen molar-refractivity contribution in [1.29, 1.82) is 0 Å². The lowest BCUT2D eigenvalue weighted by atomic mass is 9.69. The van der Waals surface area contributed by atoms with Gasteiger partial charge < -0.3 is 4.74 Å². The zero-order valence-electron chi connectivity index (χ0n) is 11.0. The third kappa shape index (κ3) is 3.66. The lowest BCUT2D eigenvalue weighted by molar-refractivity contribution is -0.137. The van der Waals surface area contributed by atoms with E-state index in [9.17, 15) is 4.79 Å². The maximum absolute atomic E-state index is 11.5. The van der Waals surface area contributed by atoms with Gasteiger partial charge in [-0.25, -0.2) is 4.79 Å². The first-order valence-corrected chi connectivity index (χ1v) is 6.32. The smallest absolute Gasteiger partial charge is 0.330 e. The Morgan fingerprint density at radius 1 is 1.44 bits per heavy atom. The third-order valence-electron chi connectivity index (χ3n) is 3.29. The molecule has 92 valence electrons. The van der Waals surface area contributed by atoms with Gasteiger partial charge in [0.05, 0.1) is 6.61 Å². The standard InChI is InChI=1S/C14H24O2/c1-5-16-13(15)10-11-8-6-7-9-12(11)14(2,3)4/h10,12H,5-9H2,1-4H3/b11-10-. The van der Waals surface area contributed by atoms with Crippen LogP contribution in [0.4, 0.5) is 0 Å². The van der Waals surface area contributed by atoms with Crippen LogP contribution in [0.15, 0.2) is 11.6 Å². The van der Waals surface area contributed by atoms with E-state index >= 15 is 0 Å². The summed E-state index contributed by atoms with van der Waals surface area (Å²) in [7, 11) is 0. The summed E-state index contributed by atoms with van der Waals surface area (Å²) in [5.41, 5.74) is 1.54. The first-order valence-electron chi connectivity index (χ1n) is 6.32. The first-order chi connectivity index (χ1) is 7.45. The Kier molecular flexibility index (Phi) is 4.57. The Hall–Kier alpha value is -0.790. The number of carbonyl (C=O) groups is 1. The molecule has 0 N–H and O–H groups in total. The molecule has 1 atom stereocenters. The molecule has 1 fully saturated rings. The fraction of sp³-hybridized carbons (Fsp3) is 0.786. The van der Waals surface area contributed by atoms with Gasteiger partial charge in [-0.2, -0.15) is 0 Å². The number of hydrogen-bond donors (Lipinski definition) is 0. The van der Waals surface area contributed by atoms with Crippen molar-refractivity contribution in [1.82, 2.24) is 0 Å². The third-order valence-corrected chi connectivity index (χ3v) is 3.29. The molecule has 2 heteroatoms. The molecule has 0 aromatic heterocycles. The van der Waals surface area contributed by atoms with Crippen LogP contribution in [0, 0.1) is 11.3 Å². The van der Waals surface area contributed by atoms with Crippen LogP contribution in [-0.2, 0) is 9.53 Å². The Labute approximate surface area is 99.1 Å². The van der Waals surface area contributed by atoms with Crippen molar-refractivity contribution in [2.45, 2.75) is 53.4 Å². The van der Waals surface area contributed by atoms with Crippen LogP contribution in [0.2, 0.25) is 0 Å². The van der Waals surface area contributed by atoms with Crippen molar-refractivity contribution in [3.05, 3.63) is 11.6 Å². The van der Waals surface area contributed by atoms with E-state index < -0.39 is 0 Å². The van der Waals surface area contributed by atoms with Crippen LogP contribution >= 0.6 is 0 Å². The van der Waals surface area contributed by atoms with Gasteiger partial charge in [-0.15, -0.1) is 0 Å². The Bertz CT molecular complexity index is 271. The fourth-order valence-corrected chi connectivity index (χ4v) is 2.53. The van der Waals surface area contributed by atoms with Gasteiger partial charge in [-0.3, -0.25) is 0 Å². The fourth-order valence-electron chi connectivity index (χ4n) is 2.53. The zero-order chi connectivity index (χ0) is 12.2. The Morgan fingerprint density at radius 2 is 2.12 bits per heavy atom. The van der Waals surface area contributed by atoms with Crippen LogP contribution in [0.5, 0.6) is 0 Å². The second kappa shape index (κ2) is 5.51. The second-order valence-corrected chi connectivity index (χ2v) is 5.64. The number of allylic oxidation sites excluding steroid dienone is 1. The molecule has 2 nitrogen and oxygen atoms in total. The van der Waals surface area contributed by atoms with Gasteiger partial charge in [-0.1, -0.05) is 32.8 Å². The average molecular weight is 224 g/mol. The highest BCUT2D eigenvalue weighted by Gasteiger charge is 2.30. The van der Waals surface area contributed by atoms with Crippen molar-refractivity contribution in [2.75, 3.05) is 6.61 Å². The van der Waals surface area contributed by atoms with Crippen LogP contribution in [0.25, 0.3) is 0 Å². The lowest BCUT2D eigenvalue weighted by Crippen LogP contribution is -2.25. The van der Waals surface area contributed by atoms with Crippen molar-refractivity contribution in [3.63, 3.8) is 0 Å². The van der Waals surface area contributed by atoms with Crippen LogP contribution < -0.4 is 0 Å². The van der Waals surface area contributed by atoms with E-state index in [4.69, 9.17) is 4.74 Å². The first kappa shape index (κ1) is 13.3. The molecular weight excluding hydrogens is 200 g/mol. The van der Waals surface area contributed by atoms with Gasteiger partial charge in [0.2, 0.25) is 0 Å². The minimum Gasteiger partial charge on any atom is -0.463 e. The normalized spacial score (nSPS) is 24.5. The molecule has 0 spiro atoms. The summed E-state index contributed by atoms with van der Waals surface area (Å²) >= 11 is 0. The van der Waals surface area contributed by atoms with Gasteiger partial charge in [0.1, 0.15) is 0 Å². The summed E-state index contributed by atoms with van der Waals surface area (Å²) in [6, 6.07) is 0. The lowest BCUT2D eigenvalue weighted by Gasteiger charge is -2.36. The summed E-state index contributed by atoms with van der Waals surface area (Å²) in [5.74, 6) is 0.360. The number of hydrogen-bond acceptors (Lipinski definition) is 2. The predicted molar refractivity (Wildman–Crippen MR) is 66.1 cm³/mol. The van der Waals surface area contributed by atoms with Crippen LogP contribution in [0.1, 0.15) is 53.4 Å². The zero-order valence-corrected chi connectivity index (χ0v) is 11.0. The minimum atomic E-state index is -0.173. The van der Waals surface area contributed by atoms with Gasteiger partial charge in [0, 0.05) is 6.08 Å². The van der Waals surface area contributed by atoms with Gasteiger partial charge >= 0.3 is 5.97 Å². The highest BCUT2D eigenvalue weighted by Crippen LogP contribution is 2.41. The average Bonchev–Trinajstić information content (AvgIpc) is 2.17. The minimum absolute atomic E-state index is 0.173. The molecule has 0 saturated heterocycles. The summed E-state index contributed by atoms with van der Waals surface area (Å²) in [5, 5.41) is 0. The SMILES string of the molecule is CCOC(=O)/C=C1/CCCCC1C(C)(C)C. The van der Waals surface area contributed by atoms with E-state index in [0.29, 0.717) is 12.5 Å². The van der Waals surface area contributed by atoms with Crippen molar-refractivity contribution in [2.24, 2.45) is 11.3 Å². The summed E-state index contributed by atoms with van der Waals surface area (Å²) in [6.45, 7) is 9.06. The van der Waals surface area contributed by atoms with E-state index in [1.165, 1.54) is 24.8 Å². The summed E-state index contributed by atoms with van der Waals surface area (Å²) in [6.07, 6.45) is 6.48. The summed E-state index contributed by atoms with van der Waals surface area (Å²) < 4.78 is 4.99. The van der Waals surface area contributed by atoms with E-state index in [-0.39, 0.29) is 11.4 Å². The molecule has 1 aliphatic rings. The Balaban J connectivity index is 2.78. The number of ether oxygens (including phenoxy) is 1. The van der Waals surface area contributed by atoms with E-state index in [0.717, 1.165) is 6.42 Å². The Morgan fingerprint density at radius 3 is 2.69 bits per heavy atom. The maximum Gasteiger partial charge on any atom is 0.330 e. The topological polar surface area (TPSA) is 26.3 Å². The molecule has 0 aliphatic heterocycles. The maximum atomic E-state index is 11.5. The quantitative estimate of drug-likeness (QED) is 0.528. The van der Waals surface area contributed by atoms with Crippen molar-refractivity contribution in [3.8, 4) is 0 Å². The molecule has 0 aromatic rings. The van der Waals surface area contributed by atoms with Gasteiger partial charge in [0.15, 0.2) is 0 Å². The molecule has 1 saturated carbocycles. The highest BCUT2D eigenvalue weighted by molar-refractivity contribution is 5.82. The second-order valence-electron chi connectivity index (χ2n) is 5.64. The predicted octanol–water partition coefficient (Wildman–Crippen LogP) is 3.71. The molecule has 0 radical (unpaired) electrons. The van der Waals surface area contributed by atoms with Crippen LogP contribution in [0.3, 0.4) is 0 Å². The summed E-state index contributed by atoms with van der Waals surface area (Å²) in [4.78, 5) is 11.5. The molecule has 1 aliphatic carbocycles. The van der Waals surface area contributed by atoms with Crippen molar-refractivity contribution >= 4 is 5.97 Å². The van der Waals surface area contributed by atoms with E-state index in [1.807, 2.05) is 6.92 Å². The van der Waals surface area contributed by atoms with Crippen molar-refractivity contribution < 1.29 is 9.53 Å².